The summed E-state index contributed by atoms with van der Waals surface area (Å²) in [6, 6.07) is 0. The lowest BCUT2D eigenvalue weighted by Crippen LogP contribution is -2.27. The maximum atomic E-state index is 11.6. The Bertz CT molecular complexity index is 394. The topological polar surface area (TPSA) is 72.2 Å². The molecule has 0 aliphatic rings. The number of carbonyl (C=O) groups is 2. The van der Waals surface area contributed by atoms with Crippen molar-refractivity contribution >= 4 is 11.8 Å². The number of primary amides is 1. The van der Waals surface area contributed by atoms with E-state index in [4.69, 9.17) is 5.73 Å². The summed E-state index contributed by atoms with van der Waals surface area (Å²) in [6.07, 6.45) is 21.3. The van der Waals surface area contributed by atoms with Crippen LogP contribution in [0.3, 0.4) is 0 Å². The molecule has 0 bridgehead atoms. The van der Waals surface area contributed by atoms with Gasteiger partial charge in [-0.1, -0.05) is 110 Å². The number of carbonyl (C=O) groups excluding carboxylic acids is 2. The van der Waals surface area contributed by atoms with Crippen molar-refractivity contribution in [1.82, 2.24) is 5.32 Å². The normalized spacial score (nSPS) is 10.7. The molecule has 2 amide bonds. The largest absolute Gasteiger partial charge is 0.369 e. The highest BCUT2D eigenvalue weighted by Gasteiger charge is 2.08. The fraction of sp³-hybridized carbons (Fsp3) is 0.826. The third-order valence-corrected chi connectivity index (χ3v) is 5.02. The van der Waals surface area contributed by atoms with Crippen molar-refractivity contribution in [2.24, 2.45) is 5.73 Å². The Balaban J connectivity index is 3.20. The molecule has 0 atom stereocenters. The molecule has 0 unspecified atom stereocenters. The third kappa shape index (κ3) is 19.3. The quantitative estimate of drug-likeness (QED) is 0.207. The second-order valence-electron chi connectivity index (χ2n) is 7.81. The Hall–Kier alpha value is -1.32. The minimum Gasteiger partial charge on any atom is -0.369 e. The van der Waals surface area contributed by atoms with Crippen LogP contribution in [0.15, 0.2) is 12.2 Å². The molecule has 0 aromatic heterocycles. The van der Waals surface area contributed by atoms with Gasteiger partial charge < -0.3 is 11.1 Å². The molecule has 0 fully saturated rings. The van der Waals surface area contributed by atoms with Gasteiger partial charge in [0.2, 0.25) is 11.8 Å². The lowest BCUT2D eigenvalue weighted by atomic mass is 10.0. The SMILES string of the molecule is C=C(CC(N)=O)C(=O)NCCCCCCCCCCCCCCCCCC. The summed E-state index contributed by atoms with van der Waals surface area (Å²) in [5.74, 6) is -0.771. The van der Waals surface area contributed by atoms with Crippen LogP contribution in [0.2, 0.25) is 0 Å². The van der Waals surface area contributed by atoms with E-state index in [1.807, 2.05) is 0 Å². The van der Waals surface area contributed by atoms with Crippen molar-refractivity contribution in [2.75, 3.05) is 6.54 Å². The molecule has 27 heavy (non-hydrogen) atoms. The van der Waals surface area contributed by atoms with Crippen LogP contribution in [0.4, 0.5) is 0 Å². The molecule has 0 aliphatic heterocycles. The van der Waals surface area contributed by atoms with Crippen molar-refractivity contribution < 1.29 is 9.59 Å². The molecule has 3 N–H and O–H groups in total. The van der Waals surface area contributed by atoms with Gasteiger partial charge in [0, 0.05) is 12.1 Å². The van der Waals surface area contributed by atoms with E-state index >= 15 is 0 Å². The van der Waals surface area contributed by atoms with Crippen molar-refractivity contribution in [2.45, 2.75) is 116 Å². The molecule has 0 saturated carbocycles. The van der Waals surface area contributed by atoms with Gasteiger partial charge in [-0.2, -0.15) is 0 Å². The van der Waals surface area contributed by atoms with Gasteiger partial charge >= 0.3 is 0 Å². The molecule has 0 aromatic rings. The average molecular weight is 381 g/mol. The van der Waals surface area contributed by atoms with Gasteiger partial charge in [0.1, 0.15) is 0 Å². The van der Waals surface area contributed by atoms with Gasteiger partial charge in [0.25, 0.3) is 0 Å². The number of hydrogen-bond donors (Lipinski definition) is 2. The van der Waals surface area contributed by atoms with Crippen molar-refractivity contribution in [1.29, 1.82) is 0 Å². The second-order valence-corrected chi connectivity index (χ2v) is 7.81. The molecule has 4 heteroatoms. The molecule has 0 spiro atoms. The first-order chi connectivity index (χ1) is 13.1. The Morgan fingerprint density at radius 1 is 0.704 bits per heavy atom. The van der Waals surface area contributed by atoms with Crippen molar-refractivity contribution in [3.05, 3.63) is 12.2 Å². The second kappa shape index (κ2) is 19.4. The van der Waals surface area contributed by atoms with Crippen LogP contribution in [0.25, 0.3) is 0 Å². The number of unbranched alkanes of at least 4 members (excludes halogenated alkanes) is 15. The minimum atomic E-state index is -0.516. The van der Waals surface area contributed by atoms with Crippen LogP contribution in [-0.4, -0.2) is 18.4 Å². The van der Waals surface area contributed by atoms with Gasteiger partial charge in [-0.3, -0.25) is 9.59 Å². The zero-order chi connectivity index (χ0) is 20.2. The minimum absolute atomic E-state index is 0.0647. The first-order valence-corrected chi connectivity index (χ1v) is 11.3. The van der Waals surface area contributed by atoms with E-state index < -0.39 is 5.91 Å². The molecule has 0 rings (SSSR count). The van der Waals surface area contributed by atoms with Gasteiger partial charge in [0.15, 0.2) is 0 Å². The smallest absolute Gasteiger partial charge is 0.247 e. The highest BCUT2D eigenvalue weighted by atomic mass is 16.2. The van der Waals surface area contributed by atoms with Crippen LogP contribution in [-0.2, 0) is 9.59 Å². The van der Waals surface area contributed by atoms with Crippen LogP contribution in [0.5, 0.6) is 0 Å². The van der Waals surface area contributed by atoms with Gasteiger partial charge in [0.05, 0.1) is 6.42 Å². The predicted octanol–water partition coefficient (Wildman–Crippen LogP) is 5.80. The van der Waals surface area contributed by atoms with E-state index in [1.165, 1.54) is 89.9 Å². The highest BCUT2D eigenvalue weighted by molar-refractivity contribution is 5.97. The van der Waals surface area contributed by atoms with E-state index in [1.54, 1.807) is 0 Å². The summed E-state index contributed by atoms with van der Waals surface area (Å²) in [4.78, 5) is 22.3. The fourth-order valence-corrected chi connectivity index (χ4v) is 3.29. The average Bonchev–Trinajstić information content (AvgIpc) is 2.63. The maximum absolute atomic E-state index is 11.6. The molecular formula is C23H44N2O2. The Labute approximate surface area is 167 Å². The molecule has 0 aliphatic carbocycles. The van der Waals surface area contributed by atoms with Crippen LogP contribution in [0, 0.1) is 0 Å². The summed E-state index contributed by atoms with van der Waals surface area (Å²) in [5, 5.41) is 2.79. The zero-order valence-corrected chi connectivity index (χ0v) is 17.8. The highest BCUT2D eigenvalue weighted by Crippen LogP contribution is 2.13. The number of rotatable bonds is 20. The first-order valence-electron chi connectivity index (χ1n) is 11.3. The molecule has 0 radical (unpaired) electrons. The molecule has 0 saturated heterocycles. The lowest BCUT2D eigenvalue weighted by Gasteiger charge is -2.06. The van der Waals surface area contributed by atoms with E-state index in [-0.39, 0.29) is 17.9 Å². The summed E-state index contributed by atoms with van der Waals surface area (Å²) >= 11 is 0. The predicted molar refractivity (Wildman–Crippen MR) is 116 cm³/mol. The molecule has 0 aromatic carbocycles. The zero-order valence-electron chi connectivity index (χ0n) is 17.8. The van der Waals surface area contributed by atoms with Gasteiger partial charge in [-0.15, -0.1) is 0 Å². The summed E-state index contributed by atoms with van der Waals surface area (Å²) in [6.45, 7) is 6.50. The summed E-state index contributed by atoms with van der Waals surface area (Å²) in [7, 11) is 0. The number of nitrogens with two attached hydrogens (primary N) is 1. The standard InChI is InChI=1S/C23H44N2O2/c1-3-4-5-6-7-8-9-10-11-12-13-14-15-16-17-18-19-25-23(27)21(2)20-22(24)26/h2-20H2,1H3,(H2,24,26)(H,25,27). The monoisotopic (exact) mass is 380 g/mol. The summed E-state index contributed by atoms with van der Waals surface area (Å²) < 4.78 is 0. The summed E-state index contributed by atoms with van der Waals surface area (Å²) in [5.41, 5.74) is 5.30. The van der Waals surface area contributed by atoms with Gasteiger partial charge in [-0.25, -0.2) is 0 Å². The fourth-order valence-electron chi connectivity index (χ4n) is 3.29. The third-order valence-electron chi connectivity index (χ3n) is 5.02. The number of hydrogen-bond acceptors (Lipinski definition) is 2. The van der Waals surface area contributed by atoms with Gasteiger partial charge in [-0.05, 0) is 6.42 Å². The number of nitrogens with one attached hydrogen (secondary N) is 1. The van der Waals surface area contributed by atoms with Crippen LogP contribution in [0.1, 0.15) is 116 Å². The van der Waals surface area contributed by atoms with Crippen LogP contribution < -0.4 is 11.1 Å². The number of amides is 2. The first kappa shape index (κ1) is 25.7. The van der Waals surface area contributed by atoms with E-state index in [0.717, 1.165) is 12.8 Å². The van der Waals surface area contributed by atoms with Crippen molar-refractivity contribution in [3.8, 4) is 0 Å². The molecular weight excluding hydrogens is 336 g/mol. The Morgan fingerprint density at radius 3 is 1.44 bits per heavy atom. The van der Waals surface area contributed by atoms with E-state index in [0.29, 0.717) is 6.54 Å². The molecule has 158 valence electrons. The van der Waals surface area contributed by atoms with Crippen molar-refractivity contribution in [3.63, 3.8) is 0 Å². The maximum Gasteiger partial charge on any atom is 0.247 e. The lowest BCUT2D eigenvalue weighted by molar-refractivity contribution is -0.121. The molecule has 0 heterocycles. The molecule has 4 nitrogen and oxygen atoms in total. The van der Waals surface area contributed by atoms with E-state index in [2.05, 4.69) is 18.8 Å². The Morgan fingerprint density at radius 2 is 1.07 bits per heavy atom. The van der Waals surface area contributed by atoms with E-state index in [9.17, 15) is 9.59 Å². The Kier molecular flexibility index (Phi) is 18.5. The van der Waals surface area contributed by atoms with Crippen LogP contribution >= 0.6 is 0 Å².